The van der Waals surface area contributed by atoms with Crippen molar-refractivity contribution in [2.75, 3.05) is 0 Å². The van der Waals surface area contributed by atoms with Crippen molar-refractivity contribution in [1.29, 1.82) is 0 Å². The van der Waals surface area contributed by atoms with E-state index in [9.17, 15) is 4.79 Å². The topological polar surface area (TPSA) is 41.5 Å². The van der Waals surface area contributed by atoms with Crippen LogP contribution in [0.1, 0.15) is 56.7 Å². The number of carbonyl (C=O) groups excluding carboxylic acids is 1. The van der Waals surface area contributed by atoms with Crippen molar-refractivity contribution < 1.29 is 4.79 Å². The SMILES string of the molecule is CC(/C=C/C=C/c1ccccc1)=N\NC(=O)[C@H]1C[C@@H]1c1ccc(C(C)(C)C)cc1. The molecule has 0 spiro atoms. The van der Waals surface area contributed by atoms with Crippen LogP contribution >= 0.6 is 0 Å². The molecule has 2 aromatic carbocycles. The first-order chi connectivity index (χ1) is 13.8. The summed E-state index contributed by atoms with van der Waals surface area (Å²) in [6, 6.07) is 18.8. The Bertz CT molecular complexity index is 915. The molecule has 1 aliphatic carbocycles. The first kappa shape index (κ1) is 20.8. The minimum absolute atomic E-state index is 0.00229. The van der Waals surface area contributed by atoms with Crippen molar-refractivity contribution in [3.05, 3.63) is 89.5 Å². The Morgan fingerprint density at radius 3 is 2.38 bits per heavy atom. The van der Waals surface area contributed by atoms with Gasteiger partial charge in [0.1, 0.15) is 0 Å². The molecule has 0 aromatic heterocycles. The number of nitrogens with one attached hydrogen (secondary N) is 1. The highest BCUT2D eigenvalue weighted by molar-refractivity contribution is 5.94. The lowest BCUT2D eigenvalue weighted by molar-refractivity contribution is -0.122. The minimum Gasteiger partial charge on any atom is -0.273 e. The van der Waals surface area contributed by atoms with Crippen molar-refractivity contribution in [3.8, 4) is 0 Å². The molecule has 0 unspecified atom stereocenters. The predicted molar refractivity (Wildman–Crippen MR) is 122 cm³/mol. The van der Waals surface area contributed by atoms with Crippen LogP contribution in [0.4, 0.5) is 0 Å². The van der Waals surface area contributed by atoms with E-state index >= 15 is 0 Å². The number of hydrogen-bond donors (Lipinski definition) is 1. The van der Waals surface area contributed by atoms with Crippen molar-refractivity contribution in [1.82, 2.24) is 5.43 Å². The van der Waals surface area contributed by atoms with Crippen LogP contribution in [0.3, 0.4) is 0 Å². The molecule has 3 heteroatoms. The fourth-order valence-corrected chi connectivity index (χ4v) is 3.27. The smallest absolute Gasteiger partial charge is 0.243 e. The molecule has 0 heterocycles. The normalized spacial score (nSPS) is 19.7. The van der Waals surface area contributed by atoms with E-state index < -0.39 is 0 Å². The third kappa shape index (κ3) is 6.02. The maximum absolute atomic E-state index is 12.4. The lowest BCUT2D eigenvalue weighted by atomic mass is 9.86. The Morgan fingerprint density at radius 2 is 1.72 bits per heavy atom. The van der Waals surface area contributed by atoms with E-state index in [-0.39, 0.29) is 17.2 Å². The quantitative estimate of drug-likeness (QED) is 0.378. The van der Waals surface area contributed by atoms with Crippen molar-refractivity contribution in [2.45, 2.75) is 45.4 Å². The summed E-state index contributed by atoms with van der Waals surface area (Å²) in [5.41, 5.74) is 7.33. The number of nitrogens with zero attached hydrogens (tertiary/aromatic N) is 1. The fourth-order valence-electron chi connectivity index (χ4n) is 3.27. The van der Waals surface area contributed by atoms with E-state index in [0.717, 1.165) is 17.7 Å². The molecule has 1 amide bonds. The van der Waals surface area contributed by atoms with Crippen LogP contribution in [0.5, 0.6) is 0 Å². The highest BCUT2D eigenvalue weighted by atomic mass is 16.2. The minimum atomic E-state index is 0.00229. The van der Waals surface area contributed by atoms with Gasteiger partial charge in [0.15, 0.2) is 0 Å². The van der Waals surface area contributed by atoms with Crippen molar-refractivity contribution >= 4 is 17.7 Å². The molecule has 3 nitrogen and oxygen atoms in total. The monoisotopic (exact) mass is 386 g/mol. The Morgan fingerprint density at radius 1 is 1.03 bits per heavy atom. The van der Waals surface area contributed by atoms with Crippen LogP contribution in [-0.4, -0.2) is 11.6 Å². The molecule has 1 fully saturated rings. The van der Waals surface area contributed by atoms with Crippen LogP contribution < -0.4 is 5.43 Å². The summed E-state index contributed by atoms with van der Waals surface area (Å²) in [6.07, 6.45) is 8.70. The lowest BCUT2D eigenvalue weighted by Crippen LogP contribution is -2.21. The average Bonchev–Trinajstić information content (AvgIpc) is 3.51. The number of hydrazone groups is 1. The number of carbonyl (C=O) groups is 1. The summed E-state index contributed by atoms with van der Waals surface area (Å²) in [5, 5.41) is 4.20. The highest BCUT2D eigenvalue weighted by Gasteiger charge is 2.44. The molecule has 0 radical (unpaired) electrons. The zero-order valence-electron chi connectivity index (χ0n) is 17.7. The number of amides is 1. The van der Waals surface area contributed by atoms with Gasteiger partial charge in [-0.05, 0) is 47.4 Å². The number of allylic oxidation sites excluding steroid dienone is 3. The van der Waals surface area contributed by atoms with Gasteiger partial charge in [-0.3, -0.25) is 4.79 Å². The van der Waals surface area contributed by atoms with Gasteiger partial charge in [0.05, 0.1) is 5.71 Å². The highest BCUT2D eigenvalue weighted by Crippen LogP contribution is 2.47. The molecule has 1 aliphatic rings. The molecule has 0 aliphatic heterocycles. The molecule has 150 valence electrons. The Labute approximate surface area is 174 Å². The van der Waals surface area contributed by atoms with Gasteiger partial charge < -0.3 is 0 Å². The van der Waals surface area contributed by atoms with E-state index in [0.29, 0.717) is 5.92 Å². The van der Waals surface area contributed by atoms with Crippen molar-refractivity contribution in [3.63, 3.8) is 0 Å². The first-order valence-corrected chi connectivity index (χ1v) is 10.2. The van der Waals surface area contributed by atoms with E-state index in [1.54, 1.807) is 0 Å². The molecule has 29 heavy (non-hydrogen) atoms. The van der Waals surface area contributed by atoms with Gasteiger partial charge in [0.25, 0.3) is 0 Å². The van der Waals surface area contributed by atoms with Gasteiger partial charge in [-0.2, -0.15) is 5.10 Å². The maximum atomic E-state index is 12.4. The lowest BCUT2D eigenvalue weighted by Gasteiger charge is -2.19. The summed E-state index contributed by atoms with van der Waals surface area (Å²) in [4.78, 5) is 12.4. The third-order valence-electron chi connectivity index (χ3n) is 5.21. The van der Waals surface area contributed by atoms with Gasteiger partial charge in [0, 0.05) is 5.92 Å². The van der Waals surface area contributed by atoms with Crippen LogP contribution in [0, 0.1) is 5.92 Å². The van der Waals surface area contributed by atoms with Crippen LogP contribution in [0.25, 0.3) is 6.08 Å². The summed E-state index contributed by atoms with van der Waals surface area (Å²) < 4.78 is 0. The summed E-state index contributed by atoms with van der Waals surface area (Å²) >= 11 is 0. The molecular formula is C26H30N2O. The van der Waals surface area contributed by atoms with Gasteiger partial charge in [-0.1, -0.05) is 93.6 Å². The molecule has 0 saturated heterocycles. The Kier molecular flexibility index (Phi) is 6.48. The molecule has 1 N–H and O–H groups in total. The second-order valence-corrected chi connectivity index (χ2v) is 8.68. The summed E-state index contributed by atoms with van der Waals surface area (Å²) in [5.74, 6) is 0.334. The molecule has 0 bridgehead atoms. The Balaban J connectivity index is 1.48. The van der Waals surface area contributed by atoms with Crippen LogP contribution in [0.15, 0.2) is 77.9 Å². The van der Waals surface area contributed by atoms with E-state index in [1.165, 1.54) is 11.1 Å². The summed E-state index contributed by atoms with van der Waals surface area (Å²) in [7, 11) is 0. The van der Waals surface area contributed by atoms with Crippen molar-refractivity contribution in [2.24, 2.45) is 11.0 Å². The molecule has 2 aromatic rings. The van der Waals surface area contributed by atoms with Gasteiger partial charge >= 0.3 is 0 Å². The standard InChI is InChI=1S/C26H30N2O/c1-19(10-8-9-13-20-11-6-5-7-12-20)27-28-25(29)24-18-23(24)21-14-16-22(17-15-21)26(2,3)4/h5-17,23-24H,18H2,1-4H3,(H,28,29)/b10-8+,13-9+,27-19+/t23-,24+/m1/s1. The second kappa shape index (κ2) is 9.04. The Hall–Kier alpha value is -2.94. The van der Waals surface area contributed by atoms with E-state index in [4.69, 9.17) is 0 Å². The number of rotatable bonds is 6. The molecule has 3 rings (SSSR count). The third-order valence-corrected chi connectivity index (χ3v) is 5.21. The van der Waals surface area contributed by atoms with Crippen LogP contribution in [-0.2, 0) is 10.2 Å². The first-order valence-electron chi connectivity index (χ1n) is 10.2. The average molecular weight is 387 g/mol. The van der Waals surface area contributed by atoms with Gasteiger partial charge in [-0.25, -0.2) is 5.43 Å². The molecular weight excluding hydrogens is 356 g/mol. The van der Waals surface area contributed by atoms with Gasteiger partial charge in [0.2, 0.25) is 5.91 Å². The van der Waals surface area contributed by atoms with Crippen LogP contribution in [0.2, 0.25) is 0 Å². The molecule has 1 saturated carbocycles. The summed E-state index contributed by atoms with van der Waals surface area (Å²) in [6.45, 7) is 8.51. The fraction of sp³-hybridized carbons (Fsp3) is 0.308. The predicted octanol–water partition coefficient (Wildman–Crippen LogP) is 5.85. The zero-order chi connectivity index (χ0) is 20.9. The van der Waals surface area contributed by atoms with E-state index in [1.807, 2.05) is 61.6 Å². The second-order valence-electron chi connectivity index (χ2n) is 8.68. The molecule has 2 atom stereocenters. The van der Waals surface area contributed by atoms with Gasteiger partial charge in [-0.15, -0.1) is 0 Å². The maximum Gasteiger partial charge on any atom is 0.243 e. The largest absolute Gasteiger partial charge is 0.273 e. The zero-order valence-corrected chi connectivity index (χ0v) is 17.7. The number of hydrogen-bond acceptors (Lipinski definition) is 2. The number of benzene rings is 2. The van der Waals surface area contributed by atoms with E-state index in [2.05, 4.69) is 55.6 Å².